The van der Waals surface area contributed by atoms with Crippen molar-refractivity contribution in [1.82, 2.24) is 9.59 Å². The van der Waals surface area contributed by atoms with Crippen molar-refractivity contribution < 1.29 is 9.53 Å². The van der Waals surface area contributed by atoms with E-state index in [1.54, 1.807) is 0 Å². The molecule has 76 valence electrons. The maximum absolute atomic E-state index is 11.6. The van der Waals surface area contributed by atoms with Gasteiger partial charge in [0.15, 0.2) is 0 Å². The Morgan fingerprint density at radius 3 is 3.21 bits per heavy atom. The maximum Gasteiger partial charge on any atom is 0.254 e. The third-order valence-electron chi connectivity index (χ3n) is 2.25. The predicted octanol–water partition coefficient (Wildman–Crippen LogP) is 0.902. The quantitative estimate of drug-likeness (QED) is 0.792. The number of carbonyl (C=O) groups is 1. The van der Waals surface area contributed by atoms with E-state index in [9.17, 15) is 4.79 Å². The molecular formula is C8H11N3O2S. The Kier molecular flexibility index (Phi) is 2.74. The molecule has 6 heteroatoms. The van der Waals surface area contributed by atoms with Gasteiger partial charge in [0.1, 0.15) is 11.1 Å². The van der Waals surface area contributed by atoms with E-state index >= 15 is 0 Å². The van der Waals surface area contributed by atoms with Gasteiger partial charge in [-0.25, -0.2) is 0 Å². The highest BCUT2D eigenvalue weighted by Gasteiger charge is 2.30. The SMILES string of the molecule is C[C@H]1CCO[C@@H]1C(=O)Nc1cnns1. The molecule has 0 radical (unpaired) electrons. The second kappa shape index (κ2) is 4.02. The number of hydrogen-bond donors (Lipinski definition) is 1. The molecular weight excluding hydrogens is 202 g/mol. The van der Waals surface area contributed by atoms with Gasteiger partial charge in [-0.3, -0.25) is 4.79 Å². The van der Waals surface area contributed by atoms with Crippen LogP contribution in [0.1, 0.15) is 13.3 Å². The van der Waals surface area contributed by atoms with Crippen LogP contribution < -0.4 is 5.32 Å². The maximum atomic E-state index is 11.6. The average Bonchev–Trinajstić information content (AvgIpc) is 2.75. The molecule has 14 heavy (non-hydrogen) atoms. The van der Waals surface area contributed by atoms with E-state index in [1.165, 1.54) is 6.20 Å². The smallest absolute Gasteiger partial charge is 0.254 e. The van der Waals surface area contributed by atoms with Gasteiger partial charge >= 0.3 is 0 Å². The van der Waals surface area contributed by atoms with Crippen molar-refractivity contribution in [2.45, 2.75) is 19.4 Å². The first-order valence-electron chi connectivity index (χ1n) is 4.47. The Morgan fingerprint density at radius 1 is 1.79 bits per heavy atom. The minimum atomic E-state index is -0.322. The Morgan fingerprint density at radius 2 is 2.64 bits per heavy atom. The summed E-state index contributed by atoms with van der Waals surface area (Å²) in [6.07, 6.45) is 2.15. The Balaban J connectivity index is 1.95. The van der Waals surface area contributed by atoms with Crippen molar-refractivity contribution in [3.63, 3.8) is 0 Å². The van der Waals surface area contributed by atoms with Crippen LogP contribution in [0.4, 0.5) is 5.00 Å². The summed E-state index contributed by atoms with van der Waals surface area (Å²) in [5, 5.41) is 7.02. The van der Waals surface area contributed by atoms with Crippen LogP contribution >= 0.6 is 11.5 Å². The number of anilines is 1. The van der Waals surface area contributed by atoms with Crippen molar-refractivity contribution in [1.29, 1.82) is 0 Å². The lowest BCUT2D eigenvalue weighted by Gasteiger charge is -2.12. The van der Waals surface area contributed by atoms with Crippen LogP contribution in [0.3, 0.4) is 0 Å². The predicted molar refractivity (Wildman–Crippen MR) is 52.1 cm³/mol. The van der Waals surface area contributed by atoms with E-state index < -0.39 is 0 Å². The molecule has 1 aliphatic rings. The highest BCUT2D eigenvalue weighted by atomic mass is 32.1. The molecule has 1 aliphatic heterocycles. The molecule has 2 rings (SSSR count). The fraction of sp³-hybridized carbons (Fsp3) is 0.625. The van der Waals surface area contributed by atoms with E-state index in [1.807, 2.05) is 6.92 Å². The van der Waals surface area contributed by atoms with Crippen molar-refractivity contribution in [2.24, 2.45) is 5.92 Å². The number of nitrogens with one attached hydrogen (secondary N) is 1. The van der Waals surface area contributed by atoms with Crippen LogP contribution in [0.25, 0.3) is 0 Å². The van der Waals surface area contributed by atoms with Crippen molar-refractivity contribution >= 4 is 22.4 Å². The summed E-state index contributed by atoms with van der Waals surface area (Å²) >= 11 is 1.16. The number of amides is 1. The first-order chi connectivity index (χ1) is 6.77. The van der Waals surface area contributed by atoms with Gasteiger partial charge in [0, 0.05) is 18.1 Å². The summed E-state index contributed by atoms with van der Waals surface area (Å²) in [5.74, 6) is 0.192. The number of ether oxygens (including phenoxy) is 1. The number of rotatable bonds is 2. The number of carbonyl (C=O) groups excluding carboxylic acids is 1. The van der Waals surface area contributed by atoms with Gasteiger partial charge in [-0.2, -0.15) is 0 Å². The van der Waals surface area contributed by atoms with Gasteiger partial charge in [0.05, 0.1) is 6.20 Å². The molecule has 0 unspecified atom stereocenters. The summed E-state index contributed by atoms with van der Waals surface area (Å²) in [4.78, 5) is 11.6. The minimum Gasteiger partial charge on any atom is -0.368 e. The molecule has 1 fully saturated rings. The molecule has 2 heterocycles. The standard InChI is InChI=1S/C8H11N3O2S/c1-5-2-3-13-7(5)8(12)10-6-4-9-11-14-6/h4-5,7H,2-3H2,1H3,(H,10,12)/t5-,7-/m0/s1. The number of nitrogens with zero attached hydrogens (tertiary/aromatic N) is 2. The van der Waals surface area contributed by atoms with Crippen LogP contribution in [0.15, 0.2) is 6.20 Å². The van der Waals surface area contributed by atoms with Gasteiger partial charge in [-0.1, -0.05) is 11.4 Å². The number of hydrogen-bond acceptors (Lipinski definition) is 5. The third-order valence-corrected chi connectivity index (χ3v) is 2.83. The van der Waals surface area contributed by atoms with Crippen LogP contribution in [0, 0.1) is 5.92 Å². The second-order valence-corrected chi connectivity index (χ2v) is 4.11. The summed E-state index contributed by atoms with van der Waals surface area (Å²) in [5.41, 5.74) is 0. The Bertz CT molecular complexity index is 314. The molecule has 0 aliphatic carbocycles. The van der Waals surface area contributed by atoms with E-state index in [-0.39, 0.29) is 17.9 Å². The van der Waals surface area contributed by atoms with Gasteiger partial charge in [-0.15, -0.1) is 5.10 Å². The zero-order valence-corrected chi connectivity index (χ0v) is 8.58. The van der Waals surface area contributed by atoms with Gasteiger partial charge < -0.3 is 10.1 Å². The molecule has 5 nitrogen and oxygen atoms in total. The molecule has 0 saturated carbocycles. The summed E-state index contributed by atoms with van der Waals surface area (Å²) in [7, 11) is 0. The molecule has 1 aromatic rings. The topological polar surface area (TPSA) is 64.1 Å². The molecule has 0 aromatic carbocycles. The molecule has 1 saturated heterocycles. The first kappa shape index (κ1) is 9.54. The van der Waals surface area contributed by atoms with Gasteiger partial charge in [-0.05, 0) is 12.3 Å². The summed E-state index contributed by atoms with van der Waals surface area (Å²) < 4.78 is 8.98. The van der Waals surface area contributed by atoms with Gasteiger partial charge in [0.2, 0.25) is 0 Å². The van der Waals surface area contributed by atoms with Crippen LogP contribution in [0.2, 0.25) is 0 Å². The fourth-order valence-corrected chi connectivity index (χ4v) is 1.87. The molecule has 2 atom stereocenters. The molecule has 1 N–H and O–H groups in total. The van der Waals surface area contributed by atoms with Crippen molar-refractivity contribution in [2.75, 3.05) is 11.9 Å². The largest absolute Gasteiger partial charge is 0.368 e. The Hall–Kier alpha value is -1.01. The van der Waals surface area contributed by atoms with E-state index in [0.717, 1.165) is 18.0 Å². The van der Waals surface area contributed by atoms with Crippen LogP contribution in [0.5, 0.6) is 0 Å². The second-order valence-electron chi connectivity index (χ2n) is 3.33. The van der Waals surface area contributed by atoms with E-state index in [4.69, 9.17) is 4.74 Å². The van der Waals surface area contributed by atoms with Crippen LogP contribution in [-0.2, 0) is 9.53 Å². The van der Waals surface area contributed by atoms with Crippen molar-refractivity contribution in [3.8, 4) is 0 Å². The normalized spacial score (nSPS) is 26.4. The highest BCUT2D eigenvalue weighted by Crippen LogP contribution is 2.21. The summed E-state index contributed by atoms with van der Waals surface area (Å²) in [6, 6.07) is 0. The zero-order chi connectivity index (χ0) is 9.97. The first-order valence-corrected chi connectivity index (χ1v) is 5.24. The lowest BCUT2D eigenvalue weighted by molar-refractivity contribution is -0.126. The molecule has 1 aromatic heterocycles. The average molecular weight is 213 g/mol. The molecule has 0 bridgehead atoms. The molecule has 1 amide bonds. The van der Waals surface area contributed by atoms with E-state index in [2.05, 4.69) is 14.9 Å². The van der Waals surface area contributed by atoms with Crippen LogP contribution in [-0.4, -0.2) is 28.2 Å². The fourth-order valence-electron chi connectivity index (χ4n) is 1.45. The summed E-state index contributed by atoms with van der Waals surface area (Å²) in [6.45, 7) is 2.68. The lowest BCUT2D eigenvalue weighted by Crippen LogP contribution is -2.30. The third kappa shape index (κ3) is 1.91. The molecule has 0 spiro atoms. The van der Waals surface area contributed by atoms with E-state index in [0.29, 0.717) is 11.6 Å². The lowest BCUT2D eigenvalue weighted by atomic mass is 10.0. The van der Waals surface area contributed by atoms with Crippen molar-refractivity contribution in [3.05, 3.63) is 6.20 Å². The van der Waals surface area contributed by atoms with Gasteiger partial charge in [0.25, 0.3) is 5.91 Å². The Labute approximate surface area is 85.6 Å². The minimum absolute atomic E-state index is 0.0962. The zero-order valence-electron chi connectivity index (χ0n) is 7.77. The monoisotopic (exact) mass is 213 g/mol. The highest BCUT2D eigenvalue weighted by molar-refractivity contribution is 7.10. The number of aromatic nitrogens is 2.